The molecule has 0 atom stereocenters. The third kappa shape index (κ3) is 5.90. The molecule has 1 aliphatic rings. The van der Waals surface area contributed by atoms with Crippen molar-refractivity contribution in [1.82, 2.24) is 10.3 Å². The number of amides is 2. The first kappa shape index (κ1) is 23.8. The molecule has 3 rings (SSSR count). The van der Waals surface area contributed by atoms with Crippen LogP contribution in [0.25, 0.3) is 0 Å². The minimum absolute atomic E-state index is 0. The van der Waals surface area contributed by atoms with Gasteiger partial charge in [0.05, 0.1) is 18.7 Å². The number of benzene rings is 1. The summed E-state index contributed by atoms with van der Waals surface area (Å²) in [6, 6.07) is 9.15. The van der Waals surface area contributed by atoms with Gasteiger partial charge in [-0.2, -0.15) is 0 Å². The molecule has 2 amide bonds. The quantitative estimate of drug-likeness (QED) is 0.663. The molecule has 2 aromatic rings. The third-order valence-corrected chi connectivity index (χ3v) is 4.18. The molecule has 28 heavy (non-hydrogen) atoms. The van der Waals surface area contributed by atoms with E-state index in [1.54, 1.807) is 36.5 Å². The van der Waals surface area contributed by atoms with Gasteiger partial charge in [0.2, 0.25) is 5.91 Å². The molecule has 1 aromatic heterocycles. The summed E-state index contributed by atoms with van der Waals surface area (Å²) >= 11 is 0. The number of nitrogens with one attached hydrogen (secondary N) is 2. The molecule has 0 aliphatic carbocycles. The molecule has 9 heteroatoms. The van der Waals surface area contributed by atoms with Gasteiger partial charge in [-0.15, -0.1) is 24.8 Å². The van der Waals surface area contributed by atoms with Crippen LogP contribution >= 0.6 is 24.8 Å². The van der Waals surface area contributed by atoms with E-state index in [9.17, 15) is 9.59 Å². The van der Waals surface area contributed by atoms with Gasteiger partial charge in [-0.1, -0.05) is 0 Å². The van der Waals surface area contributed by atoms with Crippen molar-refractivity contribution < 1.29 is 14.3 Å². The Balaban J connectivity index is 0.00000196. The van der Waals surface area contributed by atoms with Crippen LogP contribution in [0.1, 0.15) is 15.9 Å². The second kappa shape index (κ2) is 11.6. The van der Waals surface area contributed by atoms with Crippen molar-refractivity contribution in [3.05, 3.63) is 53.9 Å². The van der Waals surface area contributed by atoms with Crippen molar-refractivity contribution in [2.45, 2.75) is 6.42 Å². The minimum atomic E-state index is -0.109. The lowest BCUT2D eigenvalue weighted by Gasteiger charge is -2.17. The van der Waals surface area contributed by atoms with Gasteiger partial charge in [-0.25, -0.2) is 0 Å². The second-order valence-electron chi connectivity index (χ2n) is 6.01. The van der Waals surface area contributed by atoms with E-state index in [2.05, 4.69) is 15.6 Å². The van der Waals surface area contributed by atoms with Gasteiger partial charge >= 0.3 is 0 Å². The van der Waals surface area contributed by atoms with Gasteiger partial charge in [0.15, 0.2) is 0 Å². The summed E-state index contributed by atoms with van der Waals surface area (Å²) in [5.74, 6) is -0.168. The highest BCUT2D eigenvalue weighted by atomic mass is 35.5. The molecular weight excluding hydrogens is 403 g/mol. The average molecular weight is 427 g/mol. The van der Waals surface area contributed by atoms with E-state index in [0.717, 1.165) is 23.4 Å². The molecule has 152 valence electrons. The third-order valence-electron chi connectivity index (χ3n) is 4.18. The highest BCUT2D eigenvalue weighted by Crippen LogP contribution is 2.31. The van der Waals surface area contributed by atoms with E-state index < -0.39 is 0 Å². The Morgan fingerprint density at radius 1 is 1.25 bits per heavy atom. The molecule has 1 aliphatic heterocycles. The summed E-state index contributed by atoms with van der Waals surface area (Å²) in [6.45, 7) is 2.04. The highest BCUT2D eigenvalue weighted by Gasteiger charge is 2.25. The van der Waals surface area contributed by atoms with Gasteiger partial charge in [-0.3, -0.25) is 14.6 Å². The van der Waals surface area contributed by atoms with E-state index in [1.165, 1.54) is 0 Å². The Hall–Kier alpha value is -2.19. The summed E-state index contributed by atoms with van der Waals surface area (Å²) in [5.41, 5.74) is 3.24. The molecule has 0 fully saturated rings. The van der Waals surface area contributed by atoms with E-state index in [0.29, 0.717) is 25.3 Å². The number of methoxy groups -OCH3 is 1. The highest BCUT2D eigenvalue weighted by molar-refractivity contribution is 6.07. The number of carbonyl (C=O) groups is 2. The number of rotatable bonds is 7. The maximum atomic E-state index is 12.6. The van der Waals surface area contributed by atoms with Crippen LogP contribution < -0.4 is 15.5 Å². The van der Waals surface area contributed by atoms with Gasteiger partial charge in [0.25, 0.3) is 5.91 Å². The minimum Gasteiger partial charge on any atom is -0.383 e. The van der Waals surface area contributed by atoms with Crippen LogP contribution in [0.3, 0.4) is 0 Å². The molecular formula is C19H24Cl2N4O3. The molecule has 1 aromatic carbocycles. The van der Waals surface area contributed by atoms with Crippen molar-refractivity contribution in [1.29, 1.82) is 0 Å². The predicted octanol–water partition coefficient (Wildman–Crippen LogP) is 2.30. The normalized spacial score (nSPS) is 11.8. The summed E-state index contributed by atoms with van der Waals surface area (Å²) in [4.78, 5) is 30.4. The number of aromatic nitrogens is 1. The molecule has 2 heterocycles. The Kier molecular flexibility index (Phi) is 9.89. The summed E-state index contributed by atoms with van der Waals surface area (Å²) in [6.07, 6.45) is 3.98. The van der Waals surface area contributed by atoms with Crippen molar-refractivity contribution in [2.24, 2.45) is 0 Å². The molecule has 0 unspecified atom stereocenters. The number of fused-ring (bicyclic) bond motifs is 1. The molecule has 0 bridgehead atoms. The molecule has 0 spiro atoms. The topological polar surface area (TPSA) is 83.6 Å². The molecule has 7 nitrogen and oxygen atoms in total. The summed E-state index contributed by atoms with van der Waals surface area (Å²) < 4.78 is 4.92. The van der Waals surface area contributed by atoms with E-state index in [4.69, 9.17) is 4.74 Å². The average Bonchev–Trinajstić information content (AvgIpc) is 3.08. The van der Waals surface area contributed by atoms with Gasteiger partial charge < -0.3 is 20.3 Å². The standard InChI is InChI=1S/C19H22N4O3.2ClH/c1-26-10-8-21-13-18(24)22-16-4-5-17-14(11-16)6-9-23(17)19(25)15-3-2-7-20-12-15;;/h2-5,7,11-12,21H,6,8-10,13H2,1H3,(H,22,24);2*1H. The number of hydrogen-bond acceptors (Lipinski definition) is 5. The van der Waals surface area contributed by atoms with E-state index in [1.807, 2.05) is 18.2 Å². The fourth-order valence-electron chi connectivity index (χ4n) is 2.92. The van der Waals surface area contributed by atoms with Crippen molar-refractivity contribution in [3.63, 3.8) is 0 Å². The maximum Gasteiger partial charge on any atom is 0.259 e. The number of ether oxygens (including phenoxy) is 1. The number of carbonyl (C=O) groups excluding carboxylic acids is 2. The Labute approximate surface area is 176 Å². The van der Waals surface area contributed by atoms with Gasteiger partial charge in [-0.05, 0) is 42.3 Å². The maximum absolute atomic E-state index is 12.6. The summed E-state index contributed by atoms with van der Waals surface area (Å²) in [7, 11) is 1.62. The largest absolute Gasteiger partial charge is 0.383 e. The van der Waals surface area contributed by atoms with Crippen LogP contribution in [0.15, 0.2) is 42.7 Å². The first-order valence-electron chi connectivity index (χ1n) is 8.53. The van der Waals surface area contributed by atoms with Crippen LogP contribution in [0.2, 0.25) is 0 Å². The predicted molar refractivity (Wildman–Crippen MR) is 114 cm³/mol. The fraction of sp³-hybridized carbons (Fsp3) is 0.316. The van der Waals surface area contributed by atoms with E-state index in [-0.39, 0.29) is 43.2 Å². The zero-order chi connectivity index (χ0) is 18.4. The molecule has 0 saturated heterocycles. The number of anilines is 2. The molecule has 0 radical (unpaired) electrons. The van der Waals surface area contributed by atoms with Crippen molar-refractivity contribution in [3.8, 4) is 0 Å². The monoisotopic (exact) mass is 426 g/mol. The number of halogens is 2. The second-order valence-corrected chi connectivity index (χ2v) is 6.01. The molecule has 2 N–H and O–H groups in total. The van der Waals surface area contributed by atoms with Crippen LogP contribution in [0.4, 0.5) is 11.4 Å². The van der Waals surface area contributed by atoms with Crippen LogP contribution in [0.5, 0.6) is 0 Å². The summed E-state index contributed by atoms with van der Waals surface area (Å²) in [5, 5.41) is 5.87. The number of nitrogens with zero attached hydrogens (tertiary/aromatic N) is 2. The SMILES string of the molecule is COCCNCC(=O)Nc1ccc2c(c1)CCN2C(=O)c1cccnc1.Cl.Cl. The Bertz CT molecular complexity index is 790. The first-order valence-corrected chi connectivity index (χ1v) is 8.53. The van der Waals surface area contributed by atoms with Gasteiger partial charge in [0.1, 0.15) is 0 Å². The Morgan fingerprint density at radius 2 is 2.07 bits per heavy atom. The van der Waals surface area contributed by atoms with Gasteiger partial charge in [0, 0.05) is 44.0 Å². The first-order chi connectivity index (χ1) is 12.7. The fourth-order valence-corrected chi connectivity index (χ4v) is 2.92. The zero-order valence-electron chi connectivity index (χ0n) is 15.5. The zero-order valence-corrected chi connectivity index (χ0v) is 17.1. The molecule has 0 saturated carbocycles. The Morgan fingerprint density at radius 3 is 2.79 bits per heavy atom. The van der Waals surface area contributed by atoms with Crippen molar-refractivity contribution >= 4 is 48.0 Å². The lowest BCUT2D eigenvalue weighted by atomic mass is 10.1. The lowest BCUT2D eigenvalue weighted by Crippen LogP contribution is -2.30. The number of pyridine rings is 1. The lowest BCUT2D eigenvalue weighted by molar-refractivity contribution is -0.115. The van der Waals surface area contributed by atoms with Crippen molar-refractivity contribution in [2.75, 3.05) is 43.6 Å². The van der Waals surface area contributed by atoms with Crippen LogP contribution in [0, 0.1) is 0 Å². The van der Waals surface area contributed by atoms with Crippen LogP contribution in [-0.2, 0) is 16.0 Å². The van der Waals surface area contributed by atoms with Crippen LogP contribution in [-0.4, -0.2) is 50.1 Å². The smallest absolute Gasteiger partial charge is 0.259 e. The van der Waals surface area contributed by atoms with E-state index >= 15 is 0 Å². The number of hydrogen-bond donors (Lipinski definition) is 2.